The molecule has 7 rings (SSSR count). The van der Waals surface area contributed by atoms with Gasteiger partial charge in [-0.05, 0) is 42.5 Å². The van der Waals surface area contributed by atoms with Crippen LogP contribution in [0.2, 0.25) is 0 Å². The summed E-state index contributed by atoms with van der Waals surface area (Å²) in [5.74, 6) is 0.0435. The first-order valence-corrected chi connectivity index (χ1v) is 10.9. The second kappa shape index (κ2) is 5.89. The van der Waals surface area contributed by atoms with Crippen LogP contribution < -0.4 is 5.32 Å². The van der Waals surface area contributed by atoms with Gasteiger partial charge >= 0.3 is 0 Å². The second-order valence-corrected chi connectivity index (χ2v) is 8.75. The van der Waals surface area contributed by atoms with Crippen LogP contribution in [0.15, 0.2) is 40.4 Å². The molecule has 2 N–H and O–H groups in total. The minimum atomic E-state index is -0.313. The number of carbonyl (C=O) groups excluding carboxylic acids is 2. The second-order valence-electron chi connectivity index (χ2n) is 7.89. The summed E-state index contributed by atoms with van der Waals surface area (Å²) in [5, 5.41) is 10.8. The predicted octanol–water partition coefficient (Wildman–Crippen LogP) is 4.47. The lowest BCUT2D eigenvalue weighted by Crippen LogP contribution is -2.20. The molecule has 5 aromatic rings. The van der Waals surface area contributed by atoms with Gasteiger partial charge in [0.25, 0.3) is 11.8 Å². The monoisotopic (exact) mass is 426 g/mol. The fourth-order valence-electron chi connectivity index (χ4n) is 4.96. The first-order chi connectivity index (χ1) is 15.2. The molecular weight excluding hydrogens is 412 g/mol. The number of amides is 2. The standard InChI is InChI=1S/C23H14N4O3S/c28-21-18-11-2-1-3-12(11)20-17(19(18)22(29)27-21)13-8-10(4-5-14(13)25-20)15-9-31-23(26-15)16-6-7-24-30-16/h4-9,25H,1-3H2,(H,27,28,29). The van der Waals surface area contributed by atoms with E-state index in [0.29, 0.717) is 16.9 Å². The van der Waals surface area contributed by atoms with Gasteiger partial charge in [-0.2, -0.15) is 0 Å². The molecule has 2 aliphatic rings. The van der Waals surface area contributed by atoms with E-state index < -0.39 is 0 Å². The predicted molar refractivity (Wildman–Crippen MR) is 116 cm³/mol. The first kappa shape index (κ1) is 17.0. The van der Waals surface area contributed by atoms with E-state index in [-0.39, 0.29) is 11.8 Å². The molecule has 150 valence electrons. The van der Waals surface area contributed by atoms with Crippen LogP contribution in [0.5, 0.6) is 0 Å². The number of thiazole rings is 1. The number of hydrogen-bond donors (Lipinski definition) is 2. The van der Waals surface area contributed by atoms with Crippen molar-refractivity contribution in [3.63, 3.8) is 0 Å². The van der Waals surface area contributed by atoms with E-state index in [2.05, 4.69) is 15.5 Å². The number of fused-ring (bicyclic) bond motifs is 8. The van der Waals surface area contributed by atoms with Crippen LogP contribution >= 0.6 is 11.3 Å². The van der Waals surface area contributed by atoms with Crippen LogP contribution in [0.4, 0.5) is 0 Å². The van der Waals surface area contributed by atoms with Gasteiger partial charge < -0.3 is 9.51 Å². The van der Waals surface area contributed by atoms with Crippen molar-refractivity contribution in [2.45, 2.75) is 19.3 Å². The van der Waals surface area contributed by atoms with Gasteiger partial charge in [0.15, 0.2) is 10.8 Å². The molecular formula is C23H14N4O3S. The molecule has 2 amide bonds. The van der Waals surface area contributed by atoms with Crippen LogP contribution in [0.25, 0.3) is 43.8 Å². The van der Waals surface area contributed by atoms with Crippen LogP contribution in [0, 0.1) is 0 Å². The Balaban J connectivity index is 1.50. The molecule has 0 saturated heterocycles. The van der Waals surface area contributed by atoms with Gasteiger partial charge in [-0.25, -0.2) is 4.98 Å². The van der Waals surface area contributed by atoms with E-state index >= 15 is 0 Å². The number of carbonyl (C=O) groups is 2. The van der Waals surface area contributed by atoms with Crippen molar-refractivity contribution in [3.05, 3.63) is 58.1 Å². The number of nitrogens with zero attached hydrogens (tertiary/aromatic N) is 2. The molecule has 1 aliphatic carbocycles. The van der Waals surface area contributed by atoms with Crippen molar-refractivity contribution in [3.8, 4) is 22.0 Å². The number of rotatable bonds is 2. The SMILES string of the molecule is O=C1NC(=O)c2c1c1c(c3[nH]c4ccc(-c5csc(-c6ccno6)n5)cc4c23)CCC1. The molecule has 0 fully saturated rings. The van der Waals surface area contributed by atoms with E-state index in [1.54, 1.807) is 12.3 Å². The van der Waals surface area contributed by atoms with Gasteiger partial charge in [0, 0.05) is 33.3 Å². The number of hydrogen-bond acceptors (Lipinski definition) is 6. The Hall–Kier alpha value is -3.78. The van der Waals surface area contributed by atoms with Crippen LogP contribution in [-0.2, 0) is 12.8 Å². The number of nitrogens with one attached hydrogen (secondary N) is 2. The fraction of sp³-hybridized carbons (Fsp3) is 0.130. The maximum Gasteiger partial charge on any atom is 0.259 e. The lowest BCUT2D eigenvalue weighted by molar-refractivity contribution is 0.0880. The molecule has 8 heteroatoms. The highest BCUT2D eigenvalue weighted by Crippen LogP contribution is 2.42. The summed E-state index contributed by atoms with van der Waals surface area (Å²) in [5.41, 5.74) is 6.94. The molecule has 0 unspecified atom stereocenters. The third-order valence-electron chi connectivity index (χ3n) is 6.25. The molecule has 4 heterocycles. The molecule has 7 nitrogen and oxygen atoms in total. The number of H-pyrrole nitrogens is 1. The van der Waals surface area contributed by atoms with E-state index in [4.69, 9.17) is 9.51 Å². The molecule has 2 aromatic carbocycles. The summed E-state index contributed by atoms with van der Waals surface area (Å²) in [7, 11) is 0. The molecule has 0 saturated carbocycles. The molecule has 3 aromatic heterocycles. The Kier molecular flexibility index (Phi) is 3.22. The molecule has 0 spiro atoms. The Morgan fingerprint density at radius 2 is 1.90 bits per heavy atom. The summed E-state index contributed by atoms with van der Waals surface area (Å²) in [6.07, 6.45) is 4.33. The smallest absolute Gasteiger partial charge is 0.259 e. The Labute approximate surface area is 179 Å². The van der Waals surface area contributed by atoms with Gasteiger partial charge in [0.1, 0.15) is 0 Å². The number of aromatic amines is 1. The lowest BCUT2D eigenvalue weighted by Gasteiger charge is -2.07. The number of aryl methyl sites for hydroxylation is 1. The summed E-state index contributed by atoms with van der Waals surface area (Å²) in [6.45, 7) is 0. The quantitative estimate of drug-likeness (QED) is 0.406. The molecule has 0 atom stereocenters. The van der Waals surface area contributed by atoms with Gasteiger partial charge in [0.05, 0.1) is 28.5 Å². The first-order valence-electron chi connectivity index (χ1n) is 10.0. The highest BCUT2D eigenvalue weighted by molar-refractivity contribution is 7.13. The summed E-state index contributed by atoms with van der Waals surface area (Å²) in [4.78, 5) is 33.5. The van der Waals surface area contributed by atoms with E-state index in [1.165, 1.54) is 11.3 Å². The number of imide groups is 1. The maximum absolute atomic E-state index is 12.7. The van der Waals surface area contributed by atoms with Crippen molar-refractivity contribution in [2.24, 2.45) is 0 Å². The summed E-state index contributed by atoms with van der Waals surface area (Å²) in [6, 6.07) is 7.86. The van der Waals surface area contributed by atoms with Gasteiger partial charge in [-0.3, -0.25) is 14.9 Å². The Bertz CT molecular complexity index is 1580. The maximum atomic E-state index is 12.7. The van der Waals surface area contributed by atoms with Gasteiger partial charge in [-0.1, -0.05) is 11.2 Å². The van der Waals surface area contributed by atoms with Crippen LogP contribution in [0.1, 0.15) is 38.3 Å². The largest absolute Gasteiger partial charge is 0.354 e. The number of aromatic nitrogens is 3. The average molecular weight is 426 g/mol. The molecule has 0 bridgehead atoms. The zero-order valence-electron chi connectivity index (χ0n) is 16.1. The van der Waals surface area contributed by atoms with Crippen molar-refractivity contribution in [1.82, 2.24) is 20.4 Å². The van der Waals surface area contributed by atoms with Gasteiger partial charge in [-0.15, -0.1) is 11.3 Å². The lowest BCUT2D eigenvalue weighted by atomic mass is 9.93. The minimum Gasteiger partial charge on any atom is -0.354 e. The molecule has 0 radical (unpaired) electrons. The highest BCUT2D eigenvalue weighted by atomic mass is 32.1. The third kappa shape index (κ3) is 2.22. The van der Waals surface area contributed by atoms with E-state index in [0.717, 1.165) is 68.5 Å². The van der Waals surface area contributed by atoms with E-state index in [9.17, 15) is 9.59 Å². The number of benzene rings is 2. The van der Waals surface area contributed by atoms with Crippen LogP contribution in [-0.4, -0.2) is 26.9 Å². The van der Waals surface area contributed by atoms with Crippen molar-refractivity contribution in [2.75, 3.05) is 0 Å². The van der Waals surface area contributed by atoms with Crippen molar-refractivity contribution < 1.29 is 14.1 Å². The fourth-order valence-corrected chi connectivity index (χ4v) is 5.74. The van der Waals surface area contributed by atoms with Gasteiger partial charge in [0.2, 0.25) is 0 Å². The average Bonchev–Trinajstić information content (AvgIpc) is 3.56. The Morgan fingerprint density at radius 1 is 1.03 bits per heavy atom. The van der Waals surface area contributed by atoms with Crippen molar-refractivity contribution >= 4 is 45.0 Å². The summed E-state index contributed by atoms with van der Waals surface area (Å²) >= 11 is 1.49. The summed E-state index contributed by atoms with van der Waals surface area (Å²) < 4.78 is 5.22. The van der Waals surface area contributed by atoms with E-state index in [1.807, 2.05) is 23.6 Å². The Morgan fingerprint density at radius 3 is 2.77 bits per heavy atom. The van der Waals surface area contributed by atoms with Crippen molar-refractivity contribution in [1.29, 1.82) is 0 Å². The topological polar surface area (TPSA) is 101 Å². The third-order valence-corrected chi connectivity index (χ3v) is 7.11. The molecule has 1 aliphatic heterocycles. The zero-order valence-corrected chi connectivity index (χ0v) is 16.9. The minimum absolute atomic E-state index is 0.276. The van der Waals surface area contributed by atoms with Crippen LogP contribution in [0.3, 0.4) is 0 Å². The highest BCUT2D eigenvalue weighted by Gasteiger charge is 2.36. The normalized spacial score (nSPS) is 15.1. The molecule has 31 heavy (non-hydrogen) atoms. The zero-order chi connectivity index (χ0) is 20.7.